The van der Waals surface area contributed by atoms with Crippen LogP contribution < -0.4 is 0 Å². The van der Waals surface area contributed by atoms with Crippen molar-refractivity contribution in [2.45, 2.75) is 26.7 Å². The Kier molecular flexibility index (Phi) is 3.60. The van der Waals surface area contributed by atoms with Crippen molar-refractivity contribution < 1.29 is 14.3 Å². The van der Waals surface area contributed by atoms with Gasteiger partial charge in [0.05, 0.1) is 5.69 Å². The van der Waals surface area contributed by atoms with Crippen molar-refractivity contribution >= 4 is 11.6 Å². The third-order valence-electron chi connectivity index (χ3n) is 3.74. The van der Waals surface area contributed by atoms with Crippen LogP contribution in [0.15, 0.2) is 30.3 Å². The molecule has 2 aromatic heterocycles. The summed E-state index contributed by atoms with van der Waals surface area (Å²) in [4.78, 5) is 15.6. The highest BCUT2D eigenvalue weighted by Gasteiger charge is 2.20. The number of carboxylic acid groups (broad SMARTS) is 1. The molecule has 0 radical (unpaired) electrons. The average Bonchev–Trinajstić information content (AvgIpc) is 2.82. The van der Waals surface area contributed by atoms with Crippen LogP contribution >= 0.6 is 0 Å². The van der Waals surface area contributed by atoms with E-state index < -0.39 is 5.97 Å². The van der Waals surface area contributed by atoms with Crippen molar-refractivity contribution in [3.05, 3.63) is 53.2 Å². The third-order valence-corrected chi connectivity index (χ3v) is 3.74. The molecule has 0 saturated carbocycles. The van der Waals surface area contributed by atoms with E-state index in [2.05, 4.69) is 10.1 Å². The third kappa shape index (κ3) is 2.56. The van der Waals surface area contributed by atoms with Gasteiger partial charge in [0.2, 0.25) is 0 Å². The van der Waals surface area contributed by atoms with Crippen LogP contribution in [0.3, 0.4) is 0 Å². The number of aromatic nitrogens is 3. The molecule has 3 aromatic rings. The second kappa shape index (κ2) is 5.46. The number of halogens is 1. The molecule has 0 aliphatic carbocycles. The second-order valence-electron chi connectivity index (χ2n) is 5.73. The lowest BCUT2D eigenvalue weighted by molar-refractivity contribution is 0.0690. The number of fused-ring (bicyclic) bond motifs is 1. The van der Waals surface area contributed by atoms with Crippen LogP contribution in [0.25, 0.3) is 16.8 Å². The topological polar surface area (TPSA) is 67.5 Å². The zero-order valence-corrected chi connectivity index (χ0v) is 13.0. The minimum Gasteiger partial charge on any atom is -0.477 e. The van der Waals surface area contributed by atoms with Crippen LogP contribution in [-0.4, -0.2) is 25.7 Å². The van der Waals surface area contributed by atoms with E-state index >= 15 is 0 Å². The maximum atomic E-state index is 13.2. The van der Waals surface area contributed by atoms with E-state index in [0.717, 1.165) is 16.8 Å². The first kappa shape index (κ1) is 15.1. The van der Waals surface area contributed by atoms with Crippen molar-refractivity contribution in [1.29, 1.82) is 0 Å². The van der Waals surface area contributed by atoms with Gasteiger partial charge in [-0.05, 0) is 36.6 Å². The molecule has 1 aromatic carbocycles. The van der Waals surface area contributed by atoms with Gasteiger partial charge in [0.1, 0.15) is 5.82 Å². The van der Waals surface area contributed by atoms with Crippen LogP contribution in [0.2, 0.25) is 0 Å². The Labute approximate surface area is 132 Å². The molecule has 3 rings (SSSR count). The van der Waals surface area contributed by atoms with Crippen LogP contribution in [0, 0.1) is 12.7 Å². The number of carboxylic acids is 1. The lowest BCUT2D eigenvalue weighted by Crippen LogP contribution is -2.09. The Hall–Kier alpha value is -2.76. The van der Waals surface area contributed by atoms with E-state index in [9.17, 15) is 14.3 Å². The van der Waals surface area contributed by atoms with Gasteiger partial charge in [0, 0.05) is 11.3 Å². The number of hydrogen-bond acceptors (Lipinski definition) is 3. The van der Waals surface area contributed by atoms with Gasteiger partial charge in [-0.15, -0.1) is 0 Å². The molecule has 118 valence electrons. The molecule has 1 N–H and O–H groups in total. The van der Waals surface area contributed by atoms with E-state index in [1.165, 1.54) is 12.1 Å². The molecular weight excluding hydrogens is 297 g/mol. The highest BCUT2D eigenvalue weighted by molar-refractivity contribution is 5.88. The van der Waals surface area contributed by atoms with Gasteiger partial charge in [-0.2, -0.15) is 5.10 Å². The first-order valence-corrected chi connectivity index (χ1v) is 7.28. The first-order chi connectivity index (χ1) is 10.9. The van der Waals surface area contributed by atoms with Crippen molar-refractivity contribution in [2.24, 2.45) is 0 Å². The predicted octanol–water partition coefficient (Wildman–Crippen LogP) is 3.67. The fourth-order valence-corrected chi connectivity index (χ4v) is 2.62. The molecule has 6 heteroatoms. The molecule has 0 amide bonds. The monoisotopic (exact) mass is 313 g/mol. The molecule has 0 unspecified atom stereocenters. The van der Waals surface area contributed by atoms with E-state index in [-0.39, 0.29) is 17.4 Å². The van der Waals surface area contributed by atoms with E-state index in [4.69, 9.17) is 0 Å². The number of aromatic carboxylic acids is 1. The molecule has 23 heavy (non-hydrogen) atoms. The first-order valence-electron chi connectivity index (χ1n) is 7.28. The predicted molar refractivity (Wildman–Crippen MR) is 84.2 cm³/mol. The van der Waals surface area contributed by atoms with Crippen LogP contribution in [0.5, 0.6) is 0 Å². The van der Waals surface area contributed by atoms with E-state index in [1.54, 1.807) is 22.7 Å². The fraction of sp³-hybridized carbons (Fsp3) is 0.235. The summed E-state index contributed by atoms with van der Waals surface area (Å²) < 4.78 is 14.8. The van der Waals surface area contributed by atoms with Gasteiger partial charge >= 0.3 is 5.97 Å². The summed E-state index contributed by atoms with van der Waals surface area (Å²) in [5.74, 6) is -1.33. The minimum atomic E-state index is -1.08. The van der Waals surface area contributed by atoms with Crippen LogP contribution in [-0.2, 0) is 0 Å². The lowest BCUT2D eigenvalue weighted by atomic mass is 10.1. The number of aryl methyl sites for hydroxylation is 1. The summed E-state index contributed by atoms with van der Waals surface area (Å²) in [6.07, 6.45) is 0. The molecule has 0 saturated heterocycles. The van der Waals surface area contributed by atoms with Crippen molar-refractivity contribution in [3.63, 3.8) is 0 Å². The Morgan fingerprint density at radius 3 is 2.48 bits per heavy atom. The fourth-order valence-electron chi connectivity index (χ4n) is 2.62. The summed E-state index contributed by atoms with van der Waals surface area (Å²) in [6.45, 7) is 5.77. The Morgan fingerprint density at radius 2 is 1.91 bits per heavy atom. The Bertz CT molecular complexity index is 898. The number of benzene rings is 1. The van der Waals surface area contributed by atoms with Gasteiger partial charge in [-0.1, -0.05) is 26.0 Å². The normalized spacial score (nSPS) is 11.3. The van der Waals surface area contributed by atoms with Gasteiger partial charge in [0.15, 0.2) is 11.3 Å². The standard InChI is InChI=1S/C17H16FN3O2/c1-9(2)14-8-13(17(22)23)19-16-15(10(3)20-21(14)16)11-4-6-12(18)7-5-11/h4-9H,1-3H3,(H,22,23). The summed E-state index contributed by atoms with van der Waals surface area (Å²) in [7, 11) is 0. The maximum absolute atomic E-state index is 13.2. The smallest absolute Gasteiger partial charge is 0.354 e. The van der Waals surface area contributed by atoms with Crippen LogP contribution in [0.4, 0.5) is 4.39 Å². The molecule has 0 aliphatic rings. The molecule has 0 aliphatic heterocycles. The van der Waals surface area contributed by atoms with Crippen molar-refractivity contribution in [1.82, 2.24) is 14.6 Å². The summed E-state index contributed by atoms with van der Waals surface area (Å²) in [5.41, 5.74) is 3.40. The number of hydrogen-bond donors (Lipinski definition) is 1. The molecule has 5 nitrogen and oxygen atoms in total. The van der Waals surface area contributed by atoms with Crippen molar-refractivity contribution in [2.75, 3.05) is 0 Å². The highest BCUT2D eigenvalue weighted by Crippen LogP contribution is 2.29. The van der Waals surface area contributed by atoms with Crippen molar-refractivity contribution in [3.8, 4) is 11.1 Å². The maximum Gasteiger partial charge on any atom is 0.354 e. The molecule has 0 spiro atoms. The van der Waals surface area contributed by atoms with E-state index in [1.807, 2.05) is 20.8 Å². The lowest BCUT2D eigenvalue weighted by Gasteiger charge is -2.09. The van der Waals surface area contributed by atoms with Gasteiger partial charge in [0.25, 0.3) is 0 Å². The second-order valence-corrected chi connectivity index (χ2v) is 5.73. The SMILES string of the molecule is Cc1nn2c(C(C)C)cc(C(=O)O)nc2c1-c1ccc(F)cc1. The summed E-state index contributed by atoms with van der Waals surface area (Å²) in [6, 6.07) is 7.55. The van der Waals surface area contributed by atoms with E-state index in [0.29, 0.717) is 11.3 Å². The molecular formula is C17H16FN3O2. The van der Waals surface area contributed by atoms with Crippen LogP contribution in [0.1, 0.15) is 41.6 Å². The molecule has 0 bridgehead atoms. The average molecular weight is 313 g/mol. The summed E-state index contributed by atoms with van der Waals surface area (Å²) >= 11 is 0. The summed E-state index contributed by atoms with van der Waals surface area (Å²) in [5, 5.41) is 13.8. The number of rotatable bonds is 3. The molecule has 0 atom stereocenters. The zero-order chi connectivity index (χ0) is 16.7. The van der Waals surface area contributed by atoms with Gasteiger partial charge < -0.3 is 5.11 Å². The van der Waals surface area contributed by atoms with Gasteiger partial charge in [-0.25, -0.2) is 18.7 Å². The highest BCUT2D eigenvalue weighted by atomic mass is 19.1. The zero-order valence-electron chi connectivity index (χ0n) is 13.0. The van der Waals surface area contributed by atoms with Gasteiger partial charge in [-0.3, -0.25) is 0 Å². The number of nitrogens with zero attached hydrogens (tertiary/aromatic N) is 3. The molecule has 2 heterocycles. The Balaban J connectivity index is 2.36. The number of carbonyl (C=O) groups is 1. The molecule has 0 fully saturated rings. The minimum absolute atomic E-state index is 0.0236. The largest absolute Gasteiger partial charge is 0.477 e. The Morgan fingerprint density at radius 1 is 1.26 bits per heavy atom. The quantitative estimate of drug-likeness (QED) is 0.801.